The molecule has 0 aliphatic rings. The summed E-state index contributed by atoms with van der Waals surface area (Å²) in [4.78, 5) is 17.3. The van der Waals surface area contributed by atoms with E-state index in [9.17, 15) is 9.90 Å². The summed E-state index contributed by atoms with van der Waals surface area (Å²) in [6, 6.07) is 21.0. The molecule has 156 valence electrons. The average Bonchev–Trinajstić information content (AvgIpc) is 2.83. The lowest BCUT2D eigenvalue weighted by molar-refractivity contribution is 0.0942. The predicted octanol–water partition coefficient (Wildman–Crippen LogP) is 4.48. The minimum Gasteiger partial charge on any atom is -0.505 e. The number of phenolic OH excluding ortho intramolecular Hbond substituents is 1. The fraction of sp³-hybridized carbons (Fsp3) is 0.120. The van der Waals surface area contributed by atoms with Crippen molar-refractivity contribution in [2.75, 3.05) is 14.2 Å². The smallest absolute Gasteiger partial charge is 0.252 e. The summed E-state index contributed by atoms with van der Waals surface area (Å²) in [6.07, 6.45) is 1.62. The van der Waals surface area contributed by atoms with Crippen molar-refractivity contribution in [3.8, 4) is 17.2 Å². The standard InChI is InChI=1S/C25H22N2O4/c1-30-20-13-11-18(15-21(20)31-2)22(27-25(29)17-7-4-3-5-8-17)19-12-10-16-9-6-14-26-23(16)24(19)28/h3-15,22,28H,1-2H3,(H,27,29)/t22-/m1/s1. The minimum atomic E-state index is -0.640. The Hall–Kier alpha value is -4.06. The lowest BCUT2D eigenvalue weighted by Gasteiger charge is -2.22. The number of fused-ring (bicyclic) bond motifs is 1. The molecular weight excluding hydrogens is 392 g/mol. The normalized spacial score (nSPS) is 11.7. The van der Waals surface area contributed by atoms with Crippen molar-refractivity contribution < 1.29 is 19.4 Å². The number of nitrogens with zero attached hydrogens (tertiary/aromatic N) is 1. The van der Waals surface area contributed by atoms with Crippen molar-refractivity contribution in [1.29, 1.82) is 0 Å². The molecule has 6 heteroatoms. The Morgan fingerprint density at radius 2 is 1.71 bits per heavy atom. The van der Waals surface area contributed by atoms with E-state index in [1.54, 1.807) is 62.9 Å². The van der Waals surface area contributed by atoms with Crippen LogP contribution < -0.4 is 14.8 Å². The highest BCUT2D eigenvalue weighted by atomic mass is 16.5. The number of aromatic hydroxyl groups is 1. The van der Waals surface area contributed by atoms with Gasteiger partial charge < -0.3 is 19.9 Å². The Labute approximate surface area is 180 Å². The highest BCUT2D eigenvalue weighted by molar-refractivity contribution is 5.95. The van der Waals surface area contributed by atoms with E-state index in [4.69, 9.17) is 9.47 Å². The van der Waals surface area contributed by atoms with Gasteiger partial charge in [0.2, 0.25) is 0 Å². The van der Waals surface area contributed by atoms with Crippen molar-refractivity contribution >= 4 is 16.8 Å². The molecule has 0 radical (unpaired) electrons. The van der Waals surface area contributed by atoms with Gasteiger partial charge in [0.1, 0.15) is 11.3 Å². The largest absolute Gasteiger partial charge is 0.505 e. The zero-order chi connectivity index (χ0) is 21.8. The summed E-state index contributed by atoms with van der Waals surface area (Å²) in [5, 5.41) is 14.9. The van der Waals surface area contributed by atoms with Crippen molar-refractivity contribution in [2.45, 2.75) is 6.04 Å². The second-order valence-electron chi connectivity index (χ2n) is 6.97. The van der Waals surface area contributed by atoms with Gasteiger partial charge in [-0.1, -0.05) is 42.5 Å². The number of rotatable bonds is 6. The molecule has 4 rings (SSSR count). The molecule has 6 nitrogen and oxygen atoms in total. The van der Waals surface area contributed by atoms with Gasteiger partial charge in [0, 0.05) is 22.7 Å². The minimum absolute atomic E-state index is 0.0197. The van der Waals surface area contributed by atoms with Crippen molar-refractivity contribution in [2.24, 2.45) is 0 Å². The monoisotopic (exact) mass is 414 g/mol. The van der Waals surface area contributed by atoms with E-state index >= 15 is 0 Å². The van der Waals surface area contributed by atoms with Crippen LogP contribution in [0.5, 0.6) is 17.2 Å². The molecule has 4 aromatic rings. The lowest BCUT2D eigenvalue weighted by atomic mass is 9.95. The molecule has 0 aliphatic carbocycles. The molecule has 1 aromatic heterocycles. The van der Waals surface area contributed by atoms with Crippen LogP contribution in [-0.2, 0) is 0 Å². The van der Waals surface area contributed by atoms with Gasteiger partial charge in [0.05, 0.1) is 20.3 Å². The molecule has 1 atom stereocenters. The van der Waals surface area contributed by atoms with E-state index in [0.717, 1.165) is 10.9 Å². The maximum atomic E-state index is 13.0. The Bertz CT molecular complexity index is 1220. The van der Waals surface area contributed by atoms with Crippen LogP contribution in [0.25, 0.3) is 10.9 Å². The number of phenols is 1. The second kappa shape index (κ2) is 8.75. The maximum Gasteiger partial charge on any atom is 0.252 e. The first kappa shape index (κ1) is 20.2. The van der Waals surface area contributed by atoms with E-state index in [-0.39, 0.29) is 11.7 Å². The topological polar surface area (TPSA) is 80.7 Å². The summed E-state index contributed by atoms with van der Waals surface area (Å²) >= 11 is 0. The van der Waals surface area contributed by atoms with E-state index in [2.05, 4.69) is 10.3 Å². The van der Waals surface area contributed by atoms with Crippen LogP contribution in [0.3, 0.4) is 0 Å². The third-order valence-electron chi connectivity index (χ3n) is 5.14. The summed E-state index contributed by atoms with van der Waals surface area (Å²) < 4.78 is 10.8. The highest BCUT2D eigenvalue weighted by Crippen LogP contribution is 2.37. The number of methoxy groups -OCH3 is 2. The molecule has 0 unspecified atom stereocenters. The van der Waals surface area contributed by atoms with Crippen LogP contribution >= 0.6 is 0 Å². The molecule has 0 aliphatic heterocycles. The third kappa shape index (κ3) is 4.00. The number of nitrogens with one attached hydrogen (secondary N) is 1. The zero-order valence-corrected chi connectivity index (χ0v) is 17.2. The fourth-order valence-corrected chi connectivity index (χ4v) is 3.56. The van der Waals surface area contributed by atoms with Crippen LogP contribution in [0.2, 0.25) is 0 Å². The molecule has 2 N–H and O–H groups in total. The first-order valence-electron chi connectivity index (χ1n) is 9.77. The average molecular weight is 414 g/mol. The molecule has 0 saturated carbocycles. The summed E-state index contributed by atoms with van der Waals surface area (Å²) in [7, 11) is 3.11. The molecule has 3 aromatic carbocycles. The third-order valence-corrected chi connectivity index (χ3v) is 5.14. The van der Waals surface area contributed by atoms with Crippen LogP contribution in [0.1, 0.15) is 27.5 Å². The molecule has 31 heavy (non-hydrogen) atoms. The molecule has 0 fully saturated rings. The van der Waals surface area contributed by atoms with Crippen molar-refractivity contribution in [1.82, 2.24) is 10.3 Å². The van der Waals surface area contributed by atoms with E-state index in [1.807, 2.05) is 30.3 Å². The van der Waals surface area contributed by atoms with Crippen LogP contribution in [0.15, 0.2) is 79.0 Å². The first-order valence-corrected chi connectivity index (χ1v) is 9.77. The molecular formula is C25H22N2O4. The zero-order valence-electron chi connectivity index (χ0n) is 17.2. The number of pyridine rings is 1. The number of carbonyl (C=O) groups excluding carboxylic acids is 1. The SMILES string of the molecule is COc1ccc([C@@H](NC(=O)c2ccccc2)c2ccc3cccnc3c2O)cc1OC. The van der Waals surface area contributed by atoms with Crippen LogP contribution in [0, 0.1) is 0 Å². The van der Waals surface area contributed by atoms with Crippen LogP contribution in [-0.4, -0.2) is 30.2 Å². The quantitative estimate of drug-likeness (QED) is 0.486. The maximum absolute atomic E-state index is 13.0. The number of carbonyl (C=O) groups is 1. The van der Waals surface area contributed by atoms with Gasteiger partial charge in [-0.15, -0.1) is 0 Å². The van der Waals surface area contributed by atoms with Gasteiger partial charge >= 0.3 is 0 Å². The fourth-order valence-electron chi connectivity index (χ4n) is 3.56. The number of hydrogen-bond donors (Lipinski definition) is 2. The van der Waals surface area contributed by atoms with Gasteiger partial charge in [0.15, 0.2) is 11.5 Å². The highest BCUT2D eigenvalue weighted by Gasteiger charge is 2.23. The number of ether oxygens (including phenoxy) is 2. The molecule has 0 saturated heterocycles. The summed E-state index contributed by atoms with van der Waals surface area (Å²) in [5.41, 5.74) is 2.25. The van der Waals surface area contributed by atoms with E-state index in [1.165, 1.54) is 0 Å². The first-order chi connectivity index (χ1) is 15.1. The summed E-state index contributed by atoms with van der Waals surface area (Å²) in [5.74, 6) is 0.855. The molecule has 0 spiro atoms. The Morgan fingerprint density at radius 3 is 2.45 bits per heavy atom. The van der Waals surface area contributed by atoms with Crippen molar-refractivity contribution in [3.05, 3.63) is 95.7 Å². The molecule has 0 bridgehead atoms. The summed E-state index contributed by atoms with van der Waals surface area (Å²) in [6.45, 7) is 0. The Balaban J connectivity index is 1.83. The van der Waals surface area contributed by atoms with E-state index in [0.29, 0.717) is 28.1 Å². The number of benzene rings is 3. The number of amides is 1. The van der Waals surface area contributed by atoms with Gasteiger partial charge in [-0.3, -0.25) is 9.78 Å². The Kier molecular flexibility index (Phi) is 5.71. The Morgan fingerprint density at radius 1 is 0.935 bits per heavy atom. The molecule has 1 amide bonds. The van der Waals surface area contributed by atoms with Gasteiger partial charge in [-0.05, 0) is 35.9 Å². The lowest BCUT2D eigenvalue weighted by Crippen LogP contribution is -2.29. The van der Waals surface area contributed by atoms with Crippen LogP contribution in [0.4, 0.5) is 0 Å². The molecule has 1 heterocycles. The van der Waals surface area contributed by atoms with Crippen molar-refractivity contribution in [3.63, 3.8) is 0 Å². The van der Waals surface area contributed by atoms with Gasteiger partial charge in [-0.2, -0.15) is 0 Å². The van der Waals surface area contributed by atoms with E-state index < -0.39 is 6.04 Å². The number of aromatic nitrogens is 1. The number of hydrogen-bond acceptors (Lipinski definition) is 5. The van der Waals surface area contributed by atoms with Gasteiger partial charge in [-0.25, -0.2) is 0 Å². The second-order valence-corrected chi connectivity index (χ2v) is 6.97. The van der Waals surface area contributed by atoms with Gasteiger partial charge in [0.25, 0.3) is 5.91 Å². The predicted molar refractivity (Wildman–Crippen MR) is 119 cm³/mol.